The van der Waals surface area contributed by atoms with Gasteiger partial charge in [0.2, 0.25) is 0 Å². The highest BCUT2D eigenvalue weighted by atomic mass is 16.6. The molecule has 1 rings (SSSR count). The second-order valence-corrected chi connectivity index (χ2v) is 4.30. The van der Waals surface area contributed by atoms with Crippen LogP contribution in [0.1, 0.15) is 12.5 Å². The minimum absolute atomic E-state index is 0.124. The summed E-state index contributed by atoms with van der Waals surface area (Å²) in [5.41, 5.74) is 1.98. The van der Waals surface area contributed by atoms with Crippen molar-refractivity contribution < 1.29 is 4.92 Å². The van der Waals surface area contributed by atoms with E-state index in [1.54, 1.807) is 12.1 Å². The summed E-state index contributed by atoms with van der Waals surface area (Å²) in [4.78, 5) is 10.3. The zero-order chi connectivity index (χ0) is 12.8. The zero-order valence-corrected chi connectivity index (χ0v) is 10.5. The van der Waals surface area contributed by atoms with Gasteiger partial charge < -0.3 is 10.6 Å². The standard InChI is InChI=1S/C12H19N3O2/c1-9(7-13-3)8-14-12-6-11(15(16)17)5-4-10(12)2/h4-6,9,13-14H,7-8H2,1-3H3. The van der Waals surface area contributed by atoms with Gasteiger partial charge in [-0.3, -0.25) is 10.1 Å². The molecule has 0 aromatic heterocycles. The zero-order valence-electron chi connectivity index (χ0n) is 10.5. The highest BCUT2D eigenvalue weighted by molar-refractivity contribution is 5.56. The Labute approximate surface area is 101 Å². The Morgan fingerprint density at radius 3 is 2.71 bits per heavy atom. The van der Waals surface area contributed by atoms with E-state index >= 15 is 0 Å². The molecule has 0 aliphatic rings. The third-order valence-electron chi connectivity index (χ3n) is 2.63. The van der Waals surface area contributed by atoms with Crippen molar-refractivity contribution >= 4 is 11.4 Å². The first-order valence-electron chi connectivity index (χ1n) is 5.68. The molecular formula is C12H19N3O2. The maximum absolute atomic E-state index is 10.7. The summed E-state index contributed by atoms with van der Waals surface area (Å²) in [5, 5.41) is 17.0. The molecule has 1 aromatic carbocycles. The van der Waals surface area contributed by atoms with Gasteiger partial charge in [0.15, 0.2) is 0 Å². The largest absolute Gasteiger partial charge is 0.384 e. The lowest BCUT2D eigenvalue weighted by molar-refractivity contribution is -0.384. The van der Waals surface area contributed by atoms with Gasteiger partial charge in [-0.2, -0.15) is 0 Å². The minimum Gasteiger partial charge on any atom is -0.384 e. The average Bonchev–Trinajstić information content (AvgIpc) is 2.28. The van der Waals surface area contributed by atoms with Gasteiger partial charge in [-0.05, 0) is 32.0 Å². The Morgan fingerprint density at radius 1 is 1.41 bits per heavy atom. The highest BCUT2D eigenvalue weighted by Gasteiger charge is 2.09. The van der Waals surface area contributed by atoms with Crippen molar-refractivity contribution in [2.45, 2.75) is 13.8 Å². The van der Waals surface area contributed by atoms with Crippen LogP contribution in [-0.4, -0.2) is 25.1 Å². The molecular weight excluding hydrogens is 218 g/mol. The van der Waals surface area contributed by atoms with Crippen LogP contribution < -0.4 is 10.6 Å². The van der Waals surface area contributed by atoms with E-state index in [1.165, 1.54) is 6.07 Å². The number of benzene rings is 1. The number of rotatable bonds is 6. The summed E-state index contributed by atoms with van der Waals surface area (Å²) >= 11 is 0. The number of nitro benzene ring substituents is 1. The van der Waals surface area contributed by atoms with E-state index in [-0.39, 0.29) is 10.6 Å². The number of nitro groups is 1. The fraction of sp³-hybridized carbons (Fsp3) is 0.500. The van der Waals surface area contributed by atoms with Crippen molar-refractivity contribution in [3.05, 3.63) is 33.9 Å². The Balaban J connectivity index is 2.69. The molecule has 0 spiro atoms. The summed E-state index contributed by atoms with van der Waals surface area (Å²) in [6.45, 7) is 5.77. The molecule has 0 bridgehead atoms. The summed E-state index contributed by atoms with van der Waals surface area (Å²) in [7, 11) is 1.91. The van der Waals surface area contributed by atoms with Crippen molar-refractivity contribution in [2.24, 2.45) is 5.92 Å². The molecule has 0 radical (unpaired) electrons. The van der Waals surface area contributed by atoms with E-state index in [1.807, 2.05) is 14.0 Å². The van der Waals surface area contributed by atoms with Crippen LogP contribution in [0.3, 0.4) is 0 Å². The molecule has 0 aliphatic heterocycles. The molecule has 0 aliphatic carbocycles. The average molecular weight is 237 g/mol. The monoisotopic (exact) mass is 237 g/mol. The van der Waals surface area contributed by atoms with E-state index in [4.69, 9.17) is 0 Å². The second-order valence-electron chi connectivity index (χ2n) is 4.30. The predicted octanol–water partition coefficient (Wildman–Crippen LogP) is 2.17. The van der Waals surface area contributed by atoms with Crippen LogP contribution in [-0.2, 0) is 0 Å². The molecule has 0 fully saturated rings. The molecule has 2 N–H and O–H groups in total. The summed E-state index contributed by atoms with van der Waals surface area (Å²) in [5.74, 6) is 0.471. The predicted molar refractivity (Wildman–Crippen MR) is 69.4 cm³/mol. The lowest BCUT2D eigenvalue weighted by Gasteiger charge is -2.14. The van der Waals surface area contributed by atoms with E-state index in [0.29, 0.717) is 5.92 Å². The van der Waals surface area contributed by atoms with Crippen LogP contribution in [0.5, 0.6) is 0 Å². The van der Waals surface area contributed by atoms with E-state index in [2.05, 4.69) is 17.6 Å². The van der Waals surface area contributed by atoms with Crippen molar-refractivity contribution in [3.8, 4) is 0 Å². The number of hydrogen-bond acceptors (Lipinski definition) is 4. The minimum atomic E-state index is -0.373. The second kappa shape index (κ2) is 6.20. The topological polar surface area (TPSA) is 67.2 Å². The SMILES string of the molecule is CNCC(C)CNc1cc([N+](=O)[O-])ccc1C. The van der Waals surface area contributed by atoms with Gasteiger partial charge in [-0.15, -0.1) is 0 Å². The molecule has 1 atom stereocenters. The van der Waals surface area contributed by atoms with Gasteiger partial charge in [0.25, 0.3) is 5.69 Å². The summed E-state index contributed by atoms with van der Waals surface area (Å²) in [6.07, 6.45) is 0. The third kappa shape index (κ3) is 4.03. The van der Waals surface area contributed by atoms with Gasteiger partial charge in [0.05, 0.1) is 4.92 Å². The van der Waals surface area contributed by atoms with Gasteiger partial charge in [0, 0.05) is 24.4 Å². The molecule has 0 saturated carbocycles. The number of non-ortho nitro benzene ring substituents is 1. The van der Waals surface area contributed by atoms with Crippen LogP contribution in [0.2, 0.25) is 0 Å². The summed E-state index contributed by atoms with van der Waals surface area (Å²) < 4.78 is 0. The summed E-state index contributed by atoms with van der Waals surface area (Å²) in [6, 6.07) is 4.88. The first-order chi connectivity index (χ1) is 8.04. The first-order valence-corrected chi connectivity index (χ1v) is 5.68. The van der Waals surface area contributed by atoms with Crippen molar-refractivity contribution in [3.63, 3.8) is 0 Å². The van der Waals surface area contributed by atoms with Gasteiger partial charge in [0.1, 0.15) is 0 Å². The van der Waals surface area contributed by atoms with Crippen LogP contribution in [0.4, 0.5) is 11.4 Å². The van der Waals surface area contributed by atoms with Gasteiger partial charge >= 0.3 is 0 Å². The highest BCUT2D eigenvalue weighted by Crippen LogP contribution is 2.21. The van der Waals surface area contributed by atoms with Gasteiger partial charge in [-0.1, -0.05) is 13.0 Å². The Morgan fingerprint density at radius 2 is 2.12 bits per heavy atom. The Bertz CT molecular complexity index is 393. The quantitative estimate of drug-likeness (QED) is 0.587. The molecule has 0 amide bonds. The third-order valence-corrected chi connectivity index (χ3v) is 2.63. The maximum atomic E-state index is 10.7. The lowest BCUT2D eigenvalue weighted by atomic mass is 10.1. The van der Waals surface area contributed by atoms with Crippen LogP contribution >= 0.6 is 0 Å². The molecule has 1 unspecified atom stereocenters. The van der Waals surface area contributed by atoms with Crippen LogP contribution in [0.15, 0.2) is 18.2 Å². The Hall–Kier alpha value is -1.62. The molecule has 0 saturated heterocycles. The van der Waals surface area contributed by atoms with E-state index in [9.17, 15) is 10.1 Å². The number of hydrogen-bond donors (Lipinski definition) is 2. The van der Waals surface area contributed by atoms with E-state index in [0.717, 1.165) is 24.3 Å². The van der Waals surface area contributed by atoms with Crippen molar-refractivity contribution in [1.82, 2.24) is 5.32 Å². The van der Waals surface area contributed by atoms with Gasteiger partial charge in [-0.25, -0.2) is 0 Å². The lowest BCUT2D eigenvalue weighted by Crippen LogP contribution is -2.23. The molecule has 0 heterocycles. The molecule has 5 heteroatoms. The number of nitrogens with zero attached hydrogens (tertiary/aromatic N) is 1. The Kier molecular flexibility index (Phi) is 4.90. The maximum Gasteiger partial charge on any atom is 0.271 e. The smallest absolute Gasteiger partial charge is 0.271 e. The van der Waals surface area contributed by atoms with Crippen LogP contribution in [0, 0.1) is 23.0 Å². The molecule has 94 valence electrons. The van der Waals surface area contributed by atoms with Crippen LogP contribution in [0.25, 0.3) is 0 Å². The van der Waals surface area contributed by atoms with E-state index < -0.39 is 0 Å². The molecule has 1 aromatic rings. The number of anilines is 1. The fourth-order valence-corrected chi connectivity index (χ4v) is 1.62. The molecule has 5 nitrogen and oxygen atoms in total. The normalized spacial score (nSPS) is 12.2. The van der Waals surface area contributed by atoms with Crippen molar-refractivity contribution in [1.29, 1.82) is 0 Å². The van der Waals surface area contributed by atoms with Crippen molar-refractivity contribution in [2.75, 3.05) is 25.5 Å². The number of aryl methyl sites for hydroxylation is 1. The molecule has 17 heavy (non-hydrogen) atoms. The first kappa shape index (κ1) is 13.4. The fourth-order valence-electron chi connectivity index (χ4n) is 1.62. The number of nitrogens with one attached hydrogen (secondary N) is 2.